The summed E-state index contributed by atoms with van der Waals surface area (Å²) in [6.07, 6.45) is 0. The Kier molecular flexibility index (Phi) is 3.40. The van der Waals surface area contributed by atoms with Crippen molar-refractivity contribution >= 4 is 17.7 Å². The molecule has 1 aliphatic rings. The average molecular weight is 250 g/mol. The van der Waals surface area contributed by atoms with E-state index >= 15 is 0 Å². The van der Waals surface area contributed by atoms with Gasteiger partial charge >= 0.3 is 5.97 Å². The van der Waals surface area contributed by atoms with Gasteiger partial charge in [-0.15, -0.1) is 10.2 Å². The molecule has 1 aromatic rings. The molecule has 0 spiro atoms. The zero-order valence-electron chi connectivity index (χ0n) is 10.0. The van der Waals surface area contributed by atoms with E-state index in [1.807, 2.05) is 4.90 Å². The topological polar surface area (TPSA) is 86.6 Å². The first-order valence-corrected chi connectivity index (χ1v) is 5.65. The van der Waals surface area contributed by atoms with Crippen LogP contribution in [0.3, 0.4) is 0 Å². The number of amides is 1. The highest BCUT2D eigenvalue weighted by Crippen LogP contribution is 2.12. The third-order valence-electron chi connectivity index (χ3n) is 2.92. The molecule has 96 valence electrons. The van der Waals surface area contributed by atoms with Crippen LogP contribution in [0.5, 0.6) is 0 Å². The third-order valence-corrected chi connectivity index (χ3v) is 2.92. The van der Waals surface area contributed by atoms with Crippen LogP contribution in [-0.4, -0.2) is 58.3 Å². The minimum atomic E-state index is -1.09. The maximum Gasteiger partial charge on any atom is 0.356 e. The van der Waals surface area contributed by atoms with Crippen LogP contribution < -0.4 is 4.90 Å². The number of carboxylic acids is 1. The Labute approximate surface area is 104 Å². The fourth-order valence-electron chi connectivity index (χ4n) is 1.86. The number of hydrogen-bond donors (Lipinski definition) is 1. The molecule has 1 aliphatic heterocycles. The molecular formula is C11H14N4O3. The van der Waals surface area contributed by atoms with Gasteiger partial charge in [0.2, 0.25) is 5.91 Å². The molecule has 0 aromatic carbocycles. The van der Waals surface area contributed by atoms with Gasteiger partial charge in [0.1, 0.15) is 0 Å². The molecule has 7 heteroatoms. The van der Waals surface area contributed by atoms with Gasteiger partial charge in [-0.05, 0) is 12.1 Å². The van der Waals surface area contributed by atoms with Crippen molar-refractivity contribution < 1.29 is 14.7 Å². The van der Waals surface area contributed by atoms with Crippen LogP contribution in [0.25, 0.3) is 0 Å². The number of nitrogens with zero attached hydrogens (tertiary/aromatic N) is 4. The fraction of sp³-hybridized carbons (Fsp3) is 0.455. The second-order valence-electron chi connectivity index (χ2n) is 4.08. The Morgan fingerprint density at radius 2 is 1.83 bits per heavy atom. The monoisotopic (exact) mass is 250 g/mol. The van der Waals surface area contributed by atoms with Crippen molar-refractivity contribution in [2.75, 3.05) is 31.1 Å². The van der Waals surface area contributed by atoms with Gasteiger partial charge in [0.05, 0.1) is 0 Å². The molecule has 0 unspecified atom stereocenters. The number of carboxylic acid groups (broad SMARTS) is 1. The van der Waals surface area contributed by atoms with Crippen molar-refractivity contribution in [3.8, 4) is 0 Å². The number of carbonyl (C=O) groups excluding carboxylic acids is 1. The zero-order chi connectivity index (χ0) is 13.1. The Balaban J connectivity index is 2.01. The van der Waals surface area contributed by atoms with Crippen molar-refractivity contribution in [2.45, 2.75) is 6.92 Å². The molecular weight excluding hydrogens is 236 g/mol. The second kappa shape index (κ2) is 4.99. The summed E-state index contributed by atoms with van der Waals surface area (Å²) in [5.74, 6) is -0.374. The first-order chi connectivity index (χ1) is 8.58. The smallest absolute Gasteiger partial charge is 0.356 e. The number of hydrogen-bond acceptors (Lipinski definition) is 5. The van der Waals surface area contributed by atoms with Crippen LogP contribution in [0.2, 0.25) is 0 Å². The van der Waals surface area contributed by atoms with Gasteiger partial charge < -0.3 is 14.9 Å². The van der Waals surface area contributed by atoms with Crippen molar-refractivity contribution in [1.29, 1.82) is 0 Å². The molecule has 0 radical (unpaired) electrons. The highest BCUT2D eigenvalue weighted by Gasteiger charge is 2.20. The van der Waals surface area contributed by atoms with Gasteiger partial charge in [0, 0.05) is 33.1 Å². The van der Waals surface area contributed by atoms with E-state index in [0.717, 1.165) is 0 Å². The van der Waals surface area contributed by atoms with E-state index < -0.39 is 5.97 Å². The number of anilines is 1. The highest BCUT2D eigenvalue weighted by molar-refractivity contribution is 5.85. The maximum absolute atomic E-state index is 11.2. The number of aromatic carboxylic acids is 1. The van der Waals surface area contributed by atoms with Crippen LogP contribution in [0, 0.1) is 0 Å². The van der Waals surface area contributed by atoms with E-state index in [1.54, 1.807) is 17.9 Å². The molecule has 1 saturated heterocycles. The molecule has 1 aromatic heterocycles. The SMILES string of the molecule is CC(=O)N1CCN(c2ccc(C(=O)O)nn2)CC1. The van der Waals surface area contributed by atoms with Crippen molar-refractivity contribution in [2.24, 2.45) is 0 Å². The number of carbonyl (C=O) groups is 2. The van der Waals surface area contributed by atoms with E-state index in [2.05, 4.69) is 10.2 Å². The summed E-state index contributed by atoms with van der Waals surface area (Å²) in [6.45, 7) is 4.22. The molecule has 2 heterocycles. The lowest BCUT2D eigenvalue weighted by Crippen LogP contribution is -2.48. The van der Waals surface area contributed by atoms with Crippen LogP contribution in [0.15, 0.2) is 12.1 Å². The first kappa shape index (κ1) is 12.3. The Morgan fingerprint density at radius 1 is 1.17 bits per heavy atom. The van der Waals surface area contributed by atoms with E-state index in [1.165, 1.54) is 6.07 Å². The van der Waals surface area contributed by atoms with Gasteiger partial charge in [-0.25, -0.2) is 4.79 Å². The predicted molar refractivity (Wildman–Crippen MR) is 63.5 cm³/mol. The lowest BCUT2D eigenvalue weighted by Gasteiger charge is -2.34. The van der Waals surface area contributed by atoms with E-state index in [9.17, 15) is 9.59 Å². The maximum atomic E-state index is 11.2. The average Bonchev–Trinajstić information content (AvgIpc) is 2.39. The Bertz CT molecular complexity index is 452. The molecule has 0 saturated carbocycles. The number of aromatic nitrogens is 2. The summed E-state index contributed by atoms with van der Waals surface area (Å²) in [6, 6.07) is 3.07. The van der Waals surface area contributed by atoms with Crippen LogP contribution in [0.1, 0.15) is 17.4 Å². The molecule has 0 atom stereocenters. The molecule has 18 heavy (non-hydrogen) atoms. The Morgan fingerprint density at radius 3 is 2.28 bits per heavy atom. The fourth-order valence-corrected chi connectivity index (χ4v) is 1.86. The lowest BCUT2D eigenvalue weighted by molar-refractivity contribution is -0.129. The summed E-state index contributed by atoms with van der Waals surface area (Å²) < 4.78 is 0. The lowest BCUT2D eigenvalue weighted by atomic mass is 10.3. The summed E-state index contributed by atoms with van der Waals surface area (Å²) in [5, 5.41) is 16.2. The summed E-state index contributed by atoms with van der Waals surface area (Å²) in [5.41, 5.74) is -0.0684. The summed E-state index contributed by atoms with van der Waals surface area (Å²) >= 11 is 0. The van der Waals surface area contributed by atoms with Gasteiger partial charge in [0.15, 0.2) is 11.5 Å². The zero-order valence-corrected chi connectivity index (χ0v) is 10.0. The predicted octanol–water partition coefficient (Wildman–Crippen LogP) is -0.157. The molecule has 1 amide bonds. The quantitative estimate of drug-likeness (QED) is 0.785. The molecule has 1 fully saturated rings. The molecule has 0 aliphatic carbocycles. The second-order valence-corrected chi connectivity index (χ2v) is 4.08. The standard InChI is InChI=1S/C11H14N4O3/c1-8(16)14-4-6-15(7-5-14)10-3-2-9(11(17)18)12-13-10/h2-3H,4-7H2,1H3,(H,17,18). The number of rotatable bonds is 2. The van der Waals surface area contributed by atoms with Crippen molar-refractivity contribution in [3.05, 3.63) is 17.8 Å². The molecule has 7 nitrogen and oxygen atoms in total. The molecule has 1 N–H and O–H groups in total. The van der Waals surface area contributed by atoms with Crippen molar-refractivity contribution in [3.63, 3.8) is 0 Å². The van der Waals surface area contributed by atoms with Crippen molar-refractivity contribution in [1.82, 2.24) is 15.1 Å². The summed E-state index contributed by atoms with van der Waals surface area (Å²) in [4.78, 5) is 25.6. The van der Waals surface area contributed by atoms with Crippen LogP contribution in [-0.2, 0) is 4.79 Å². The highest BCUT2D eigenvalue weighted by atomic mass is 16.4. The largest absolute Gasteiger partial charge is 0.476 e. The molecule has 2 rings (SSSR count). The van der Waals surface area contributed by atoms with Gasteiger partial charge in [-0.3, -0.25) is 4.79 Å². The van der Waals surface area contributed by atoms with E-state index in [4.69, 9.17) is 5.11 Å². The third kappa shape index (κ3) is 2.55. The van der Waals surface area contributed by atoms with E-state index in [0.29, 0.717) is 32.0 Å². The first-order valence-electron chi connectivity index (χ1n) is 5.65. The minimum absolute atomic E-state index is 0.0684. The number of piperazine rings is 1. The van der Waals surface area contributed by atoms with Crippen LogP contribution >= 0.6 is 0 Å². The molecule has 0 bridgehead atoms. The van der Waals surface area contributed by atoms with Gasteiger partial charge in [-0.2, -0.15) is 0 Å². The summed E-state index contributed by atoms with van der Waals surface area (Å²) in [7, 11) is 0. The Hall–Kier alpha value is -2.18. The van der Waals surface area contributed by atoms with Gasteiger partial charge in [-0.1, -0.05) is 0 Å². The van der Waals surface area contributed by atoms with Gasteiger partial charge in [0.25, 0.3) is 0 Å². The van der Waals surface area contributed by atoms with Crippen LogP contribution in [0.4, 0.5) is 5.82 Å². The van der Waals surface area contributed by atoms with E-state index in [-0.39, 0.29) is 11.6 Å². The minimum Gasteiger partial charge on any atom is -0.476 e. The normalized spacial score (nSPS) is 15.6.